The van der Waals surface area contributed by atoms with Gasteiger partial charge in [0.15, 0.2) is 0 Å². The van der Waals surface area contributed by atoms with Crippen molar-refractivity contribution in [1.82, 2.24) is 4.90 Å². The molecule has 0 radical (unpaired) electrons. The summed E-state index contributed by atoms with van der Waals surface area (Å²) in [5.41, 5.74) is 6.85. The summed E-state index contributed by atoms with van der Waals surface area (Å²) in [7, 11) is 0.774. The molecular weight excluding hydrogens is 296 g/mol. The van der Waals surface area contributed by atoms with E-state index < -0.39 is 16.8 Å². The first kappa shape index (κ1) is 19.1. The van der Waals surface area contributed by atoms with Crippen LogP contribution in [0.4, 0.5) is 0 Å². The molecule has 20 heavy (non-hydrogen) atoms. The highest BCUT2D eigenvalue weighted by atomic mass is 35.5. The summed E-state index contributed by atoms with van der Waals surface area (Å²) in [4.78, 5) is 14.4. The number of halogens is 1. The third kappa shape index (κ3) is 5.23. The lowest BCUT2D eigenvalue weighted by Gasteiger charge is -2.23. The summed E-state index contributed by atoms with van der Waals surface area (Å²) in [6.07, 6.45) is 1.65. The van der Waals surface area contributed by atoms with Gasteiger partial charge in [0, 0.05) is 35.5 Å². The van der Waals surface area contributed by atoms with Crippen molar-refractivity contribution in [2.75, 3.05) is 13.3 Å². The molecule has 1 aromatic rings. The predicted octanol–water partition coefficient (Wildman–Crippen LogP) is 1.79. The van der Waals surface area contributed by atoms with Crippen LogP contribution in [0.2, 0.25) is 0 Å². The van der Waals surface area contributed by atoms with Crippen LogP contribution in [0.3, 0.4) is 0 Å². The summed E-state index contributed by atoms with van der Waals surface area (Å²) in [5.74, 6) is 0.0676. The molecule has 1 unspecified atom stereocenters. The summed E-state index contributed by atoms with van der Waals surface area (Å²) in [6, 6.07) is 6.97. The Kier molecular flexibility index (Phi) is 8.01. The monoisotopic (exact) mass is 318 g/mol. The molecule has 1 amide bonds. The molecule has 0 spiro atoms. The Hall–Kier alpha value is -0.910. The summed E-state index contributed by atoms with van der Waals surface area (Å²) >= 11 is 0. The second-order valence-electron chi connectivity index (χ2n) is 5.06. The van der Waals surface area contributed by atoms with Gasteiger partial charge in [-0.05, 0) is 23.6 Å². The second kappa shape index (κ2) is 8.39. The van der Waals surface area contributed by atoms with E-state index in [9.17, 15) is 9.00 Å². The summed E-state index contributed by atoms with van der Waals surface area (Å²) in [6.45, 7) is 4.37. The van der Waals surface area contributed by atoms with E-state index in [4.69, 9.17) is 5.73 Å². The van der Waals surface area contributed by atoms with E-state index in [1.165, 1.54) is 0 Å². The number of hydrogen-bond donors (Lipinski definition) is 1. The molecule has 1 rings (SSSR count). The van der Waals surface area contributed by atoms with E-state index in [0.29, 0.717) is 6.54 Å². The van der Waals surface area contributed by atoms with Gasteiger partial charge >= 0.3 is 0 Å². The third-order valence-corrected chi connectivity index (χ3v) is 3.99. The Morgan fingerprint density at radius 1 is 1.30 bits per heavy atom. The number of carbonyl (C=O) groups excluding carboxylic acids is 1. The number of nitrogens with zero attached hydrogens (tertiary/aromatic N) is 1. The molecule has 114 valence electrons. The first-order chi connectivity index (χ1) is 8.82. The SMILES string of the molecule is CC(C)[C@H](N)C(=O)N(C)Cc1ccc(S(C)=O)cc1.Cl. The predicted molar refractivity (Wildman–Crippen MR) is 85.3 cm³/mol. The number of benzene rings is 1. The quantitative estimate of drug-likeness (QED) is 0.900. The van der Waals surface area contributed by atoms with Gasteiger partial charge in [-0.2, -0.15) is 0 Å². The number of likely N-dealkylation sites (N-methyl/N-ethyl adjacent to an activating group) is 1. The first-order valence-corrected chi connectivity index (χ1v) is 7.81. The zero-order valence-corrected chi connectivity index (χ0v) is 14.0. The van der Waals surface area contributed by atoms with Crippen molar-refractivity contribution in [3.63, 3.8) is 0 Å². The fourth-order valence-corrected chi connectivity index (χ4v) is 2.20. The maximum Gasteiger partial charge on any atom is 0.239 e. The Bertz CT molecular complexity index is 463. The summed E-state index contributed by atoms with van der Waals surface area (Å²) in [5, 5.41) is 0. The molecule has 0 aliphatic carbocycles. The highest BCUT2D eigenvalue weighted by molar-refractivity contribution is 7.84. The van der Waals surface area contributed by atoms with Gasteiger partial charge in [0.25, 0.3) is 0 Å². The smallest absolute Gasteiger partial charge is 0.239 e. The average Bonchev–Trinajstić information content (AvgIpc) is 2.37. The largest absolute Gasteiger partial charge is 0.340 e. The van der Waals surface area contributed by atoms with Crippen LogP contribution in [0.15, 0.2) is 29.2 Å². The van der Waals surface area contributed by atoms with Gasteiger partial charge in [-0.3, -0.25) is 9.00 Å². The number of nitrogens with two attached hydrogens (primary N) is 1. The fraction of sp³-hybridized carbons (Fsp3) is 0.500. The number of carbonyl (C=O) groups is 1. The van der Waals surface area contributed by atoms with E-state index >= 15 is 0 Å². The van der Waals surface area contributed by atoms with Crippen LogP contribution >= 0.6 is 12.4 Å². The number of rotatable bonds is 5. The van der Waals surface area contributed by atoms with Crippen LogP contribution in [0.1, 0.15) is 19.4 Å². The van der Waals surface area contributed by atoms with Crippen LogP contribution in [0.5, 0.6) is 0 Å². The maximum absolute atomic E-state index is 12.0. The van der Waals surface area contributed by atoms with Gasteiger partial charge in [-0.1, -0.05) is 26.0 Å². The van der Waals surface area contributed by atoms with Gasteiger partial charge in [0.2, 0.25) is 5.91 Å². The van der Waals surface area contributed by atoms with Crippen LogP contribution in [-0.2, 0) is 22.1 Å². The molecule has 0 fully saturated rings. The van der Waals surface area contributed by atoms with Gasteiger partial charge in [-0.25, -0.2) is 0 Å². The molecule has 4 nitrogen and oxygen atoms in total. The molecule has 2 atom stereocenters. The molecule has 0 aromatic heterocycles. The molecule has 0 saturated heterocycles. The number of amides is 1. The lowest BCUT2D eigenvalue weighted by Crippen LogP contribution is -2.44. The van der Waals surface area contributed by atoms with E-state index in [1.807, 2.05) is 38.1 Å². The van der Waals surface area contributed by atoms with Crippen molar-refractivity contribution >= 4 is 29.1 Å². The van der Waals surface area contributed by atoms with Crippen LogP contribution in [0.25, 0.3) is 0 Å². The van der Waals surface area contributed by atoms with E-state index in [1.54, 1.807) is 18.2 Å². The van der Waals surface area contributed by atoms with Crippen LogP contribution in [-0.4, -0.2) is 34.4 Å². The van der Waals surface area contributed by atoms with Gasteiger partial charge < -0.3 is 10.6 Å². The summed E-state index contributed by atoms with van der Waals surface area (Å²) < 4.78 is 11.3. The minimum atomic E-state index is -0.973. The van der Waals surface area contributed by atoms with Crippen molar-refractivity contribution < 1.29 is 9.00 Å². The van der Waals surface area contributed by atoms with Crippen LogP contribution in [0, 0.1) is 5.92 Å². The molecule has 0 aliphatic rings. The Labute approximate surface area is 129 Å². The van der Waals surface area contributed by atoms with Crippen molar-refractivity contribution in [3.05, 3.63) is 29.8 Å². The van der Waals surface area contributed by atoms with Crippen molar-refractivity contribution in [2.45, 2.75) is 31.3 Å². The molecule has 0 saturated carbocycles. The zero-order valence-electron chi connectivity index (χ0n) is 12.3. The van der Waals surface area contributed by atoms with E-state index in [2.05, 4.69) is 0 Å². The molecular formula is C14H23ClN2O2S. The topological polar surface area (TPSA) is 63.4 Å². The van der Waals surface area contributed by atoms with Gasteiger partial charge in [0.05, 0.1) is 6.04 Å². The van der Waals surface area contributed by atoms with Crippen molar-refractivity contribution in [1.29, 1.82) is 0 Å². The van der Waals surface area contributed by atoms with Gasteiger partial charge in [-0.15, -0.1) is 12.4 Å². The lowest BCUT2D eigenvalue weighted by atomic mass is 10.0. The Morgan fingerprint density at radius 2 is 1.80 bits per heavy atom. The number of hydrogen-bond acceptors (Lipinski definition) is 3. The zero-order chi connectivity index (χ0) is 14.6. The third-order valence-electron chi connectivity index (χ3n) is 3.05. The standard InChI is InChI=1S/C14H22N2O2S.ClH/c1-10(2)13(15)14(17)16(3)9-11-5-7-12(8-6-11)19(4)18;/h5-8,10,13H,9,15H2,1-4H3;1H/t13-,19?;/m0./s1. The van der Waals surface area contributed by atoms with Gasteiger partial charge in [0.1, 0.15) is 0 Å². The molecule has 6 heteroatoms. The van der Waals surface area contributed by atoms with E-state index in [-0.39, 0.29) is 24.2 Å². The minimum absolute atomic E-state index is 0. The van der Waals surface area contributed by atoms with E-state index in [0.717, 1.165) is 10.5 Å². The average molecular weight is 319 g/mol. The maximum atomic E-state index is 12.0. The molecule has 0 heterocycles. The minimum Gasteiger partial charge on any atom is -0.340 e. The second-order valence-corrected chi connectivity index (χ2v) is 6.44. The molecule has 0 bridgehead atoms. The Balaban J connectivity index is 0.00000361. The highest BCUT2D eigenvalue weighted by Crippen LogP contribution is 2.11. The molecule has 0 aliphatic heterocycles. The Morgan fingerprint density at radius 3 is 2.20 bits per heavy atom. The highest BCUT2D eigenvalue weighted by Gasteiger charge is 2.20. The first-order valence-electron chi connectivity index (χ1n) is 6.26. The lowest BCUT2D eigenvalue weighted by molar-refractivity contribution is -0.132. The van der Waals surface area contributed by atoms with Crippen LogP contribution < -0.4 is 5.73 Å². The molecule has 2 N–H and O–H groups in total. The fourth-order valence-electron chi connectivity index (χ4n) is 1.68. The van der Waals surface area contributed by atoms with Crippen molar-refractivity contribution in [3.8, 4) is 0 Å². The molecule has 1 aromatic carbocycles. The normalized spacial score (nSPS) is 13.5. The van der Waals surface area contributed by atoms with Crippen molar-refractivity contribution in [2.24, 2.45) is 11.7 Å².